The summed E-state index contributed by atoms with van der Waals surface area (Å²) in [5.41, 5.74) is -0.285. The van der Waals surface area contributed by atoms with E-state index < -0.39 is 5.60 Å². The molecule has 1 N–H and O–H groups in total. The zero-order valence-electron chi connectivity index (χ0n) is 14.9. The van der Waals surface area contributed by atoms with Gasteiger partial charge >= 0.3 is 0 Å². The summed E-state index contributed by atoms with van der Waals surface area (Å²) in [6.45, 7) is 2.84. The van der Waals surface area contributed by atoms with Crippen LogP contribution in [0.15, 0.2) is 18.2 Å². The maximum atomic E-state index is 12.7. The molecule has 2 aliphatic rings. The summed E-state index contributed by atoms with van der Waals surface area (Å²) in [7, 11) is 3.52. The van der Waals surface area contributed by atoms with Gasteiger partial charge in [0.15, 0.2) is 17.1 Å². The number of rotatable bonds is 7. The monoisotopic (exact) mass is 350 g/mol. The largest absolute Gasteiger partial charge is 0.454 e. The fourth-order valence-electron chi connectivity index (χ4n) is 3.48. The number of nitrogens with zero attached hydrogens (tertiary/aromatic N) is 2. The summed E-state index contributed by atoms with van der Waals surface area (Å²) < 4.78 is 15.8. The van der Waals surface area contributed by atoms with Crippen LogP contribution in [0.4, 0.5) is 0 Å². The van der Waals surface area contributed by atoms with Gasteiger partial charge in [-0.2, -0.15) is 0 Å². The zero-order chi connectivity index (χ0) is 17.9. The molecule has 2 aliphatic heterocycles. The fraction of sp³-hybridized carbons (Fsp3) is 0.611. The van der Waals surface area contributed by atoms with Crippen molar-refractivity contribution in [2.24, 2.45) is 0 Å². The van der Waals surface area contributed by atoms with Crippen molar-refractivity contribution in [2.45, 2.75) is 25.0 Å². The molecule has 0 saturated carbocycles. The van der Waals surface area contributed by atoms with Gasteiger partial charge in [-0.15, -0.1) is 0 Å². The Morgan fingerprint density at radius 2 is 2.16 bits per heavy atom. The Kier molecular flexibility index (Phi) is 5.46. The van der Waals surface area contributed by atoms with Gasteiger partial charge in [0.1, 0.15) is 0 Å². The van der Waals surface area contributed by atoms with E-state index in [1.54, 1.807) is 12.0 Å². The summed E-state index contributed by atoms with van der Waals surface area (Å²) in [6, 6.07) is 5.80. The van der Waals surface area contributed by atoms with Crippen LogP contribution in [0.5, 0.6) is 11.5 Å². The number of likely N-dealkylation sites (tertiary alicyclic amines) is 1. The van der Waals surface area contributed by atoms with Crippen molar-refractivity contribution in [3.8, 4) is 11.5 Å². The molecule has 0 aliphatic carbocycles. The minimum atomic E-state index is -1.34. The molecule has 0 radical (unpaired) electrons. The quantitative estimate of drug-likeness (QED) is 0.786. The van der Waals surface area contributed by atoms with Crippen LogP contribution in [0.2, 0.25) is 0 Å². The first kappa shape index (κ1) is 18.0. The molecule has 7 nitrogen and oxygen atoms in total. The van der Waals surface area contributed by atoms with E-state index in [4.69, 9.17) is 14.2 Å². The van der Waals surface area contributed by atoms with Crippen LogP contribution in [0.1, 0.15) is 18.4 Å². The Balaban J connectivity index is 1.61. The Labute approximate surface area is 148 Å². The van der Waals surface area contributed by atoms with Gasteiger partial charge in [0.25, 0.3) is 5.91 Å². The van der Waals surface area contributed by atoms with Crippen LogP contribution >= 0.6 is 0 Å². The Bertz CT molecular complexity index is 623. The zero-order valence-corrected chi connectivity index (χ0v) is 14.9. The molecular formula is C18H26N2O5. The van der Waals surface area contributed by atoms with Gasteiger partial charge in [-0.25, -0.2) is 0 Å². The number of piperidine rings is 1. The average molecular weight is 350 g/mol. The highest BCUT2D eigenvalue weighted by molar-refractivity contribution is 5.86. The highest BCUT2D eigenvalue weighted by Crippen LogP contribution is 2.33. The molecule has 3 rings (SSSR count). The first-order chi connectivity index (χ1) is 12.0. The second-order valence-corrected chi connectivity index (χ2v) is 6.78. The molecule has 2 heterocycles. The molecule has 1 unspecified atom stereocenters. The number of methoxy groups -OCH3 is 1. The number of carbonyl (C=O) groups is 1. The molecule has 0 bridgehead atoms. The second-order valence-electron chi connectivity index (χ2n) is 6.78. The van der Waals surface area contributed by atoms with Crippen LogP contribution < -0.4 is 9.47 Å². The lowest BCUT2D eigenvalue weighted by atomic mass is 9.91. The number of benzene rings is 1. The van der Waals surface area contributed by atoms with Gasteiger partial charge in [-0.1, -0.05) is 6.07 Å². The van der Waals surface area contributed by atoms with Crippen molar-refractivity contribution >= 4 is 5.91 Å². The third-order valence-corrected chi connectivity index (χ3v) is 4.69. The van der Waals surface area contributed by atoms with Gasteiger partial charge in [-0.3, -0.25) is 9.69 Å². The van der Waals surface area contributed by atoms with Crippen LogP contribution in [0.3, 0.4) is 0 Å². The normalized spacial score (nSPS) is 22.7. The standard InChI is InChI=1S/C18H26N2O5/c1-19(11-14-4-5-15-16(10-14)25-13-24-15)12-18(22)6-3-7-20(17(18)21)8-9-23-2/h4-5,10,22H,3,6-9,11-13H2,1-2H3. The van der Waals surface area contributed by atoms with Gasteiger partial charge in [0, 0.05) is 33.3 Å². The molecule has 25 heavy (non-hydrogen) atoms. The number of likely N-dealkylation sites (N-methyl/N-ethyl adjacent to an activating group) is 1. The molecule has 0 aromatic heterocycles. The topological polar surface area (TPSA) is 71.5 Å². The van der Waals surface area contributed by atoms with E-state index in [0.29, 0.717) is 39.2 Å². The fourth-order valence-corrected chi connectivity index (χ4v) is 3.48. The lowest BCUT2D eigenvalue weighted by Gasteiger charge is -2.40. The SMILES string of the molecule is COCCN1CCCC(O)(CN(C)Cc2ccc3c(c2)OCO3)C1=O. The average Bonchev–Trinajstić information content (AvgIpc) is 3.04. The minimum Gasteiger partial charge on any atom is -0.454 e. The van der Waals surface area contributed by atoms with E-state index in [1.165, 1.54) is 0 Å². The van der Waals surface area contributed by atoms with E-state index in [2.05, 4.69) is 0 Å². The lowest BCUT2D eigenvalue weighted by Crippen LogP contribution is -2.58. The first-order valence-corrected chi connectivity index (χ1v) is 8.59. The first-order valence-electron chi connectivity index (χ1n) is 8.59. The number of carbonyl (C=O) groups excluding carboxylic acids is 1. The maximum Gasteiger partial charge on any atom is 0.255 e. The smallest absolute Gasteiger partial charge is 0.255 e. The molecule has 1 saturated heterocycles. The third-order valence-electron chi connectivity index (χ3n) is 4.69. The molecule has 1 aromatic rings. The molecule has 138 valence electrons. The van der Waals surface area contributed by atoms with E-state index in [1.807, 2.05) is 30.1 Å². The van der Waals surface area contributed by atoms with Crippen LogP contribution in [-0.4, -0.2) is 73.6 Å². The summed E-state index contributed by atoms with van der Waals surface area (Å²) in [4.78, 5) is 16.3. The summed E-state index contributed by atoms with van der Waals surface area (Å²) in [5, 5.41) is 10.9. The minimum absolute atomic E-state index is 0.201. The second kappa shape index (κ2) is 7.59. The highest BCUT2D eigenvalue weighted by atomic mass is 16.7. The Morgan fingerprint density at radius 1 is 1.36 bits per heavy atom. The number of fused-ring (bicyclic) bond motifs is 1. The van der Waals surface area contributed by atoms with Crippen molar-refractivity contribution in [1.82, 2.24) is 9.80 Å². The van der Waals surface area contributed by atoms with E-state index in [-0.39, 0.29) is 12.7 Å². The highest BCUT2D eigenvalue weighted by Gasteiger charge is 2.42. The maximum absolute atomic E-state index is 12.7. The summed E-state index contributed by atoms with van der Waals surface area (Å²) in [6.07, 6.45) is 1.28. The van der Waals surface area contributed by atoms with Crippen molar-refractivity contribution in [2.75, 3.05) is 47.2 Å². The summed E-state index contributed by atoms with van der Waals surface area (Å²) in [5.74, 6) is 1.29. The molecule has 1 fully saturated rings. The summed E-state index contributed by atoms with van der Waals surface area (Å²) >= 11 is 0. The number of amides is 1. The Hall–Kier alpha value is -1.83. The van der Waals surface area contributed by atoms with Crippen molar-refractivity contribution in [3.63, 3.8) is 0 Å². The number of hydrogen-bond donors (Lipinski definition) is 1. The van der Waals surface area contributed by atoms with E-state index in [9.17, 15) is 9.90 Å². The van der Waals surface area contributed by atoms with Gasteiger partial charge < -0.3 is 24.2 Å². The molecular weight excluding hydrogens is 324 g/mol. The van der Waals surface area contributed by atoms with Crippen LogP contribution in [0.25, 0.3) is 0 Å². The molecule has 1 atom stereocenters. The van der Waals surface area contributed by atoms with E-state index in [0.717, 1.165) is 23.5 Å². The lowest BCUT2D eigenvalue weighted by molar-refractivity contribution is -0.159. The van der Waals surface area contributed by atoms with Gasteiger partial charge in [0.2, 0.25) is 6.79 Å². The van der Waals surface area contributed by atoms with Gasteiger partial charge in [0.05, 0.1) is 6.61 Å². The van der Waals surface area contributed by atoms with Crippen molar-refractivity contribution in [3.05, 3.63) is 23.8 Å². The molecule has 0 spiro atoms. The van der Waals surface area contributed by atoms with Crippen LogP contribution in [0, 0.1) is 0 Å². The Morgan fingerprint density at radius 3 is 2.96 bits per heavy atom. The number of hydrogen-bond acceptors (Lipinski definition) is 6. The number of aliphatic hydroxyl groups is 1. The van der Waals surface area contributed by atoms with Crippen molar-refractivity contribution in [1.29, 1.82) is 0 Å². The predicted octanol–water partition coefficient (Wildman–Crippen LogP) is 0.847. The third kappa shape index (κ3) is 4.05. The van der Waals surface area contributed by atoms with E-state index >= 15 is 0 Å². The number of ether oxygens (including phenoxy) is 3. The van der Waals surface area contributed by atoms with Crippen LogP contribution in [-0.2, 0) is 16.1 Å². The van der Waals surface area contributed by atoms with Gasteiger partial charge in [-0.05, 0) is 37.6 Å². The predicted molar refractivity (Wildman–Crippen MR) is 91.5 cm³/mol. The molecule has 1 amide bonds. The molecule has 1 aromatic carbocycles. The molecule has 7 heteroatoms. The van der Waals surface area contributed by atoms with Crippen molar-refractivity contribution < 1.29 is 24.1 Å².